The van der Waals surface area contributed by atoms with Gasteiger partial charge in [0.15, 0.2) is 0 Å². The summed E-state index contributed by atoms with van der Waals surface area (Å²) in [5.74, 6) is -0.0732. The number of hydrogen-bond donors (Lipinski definition) is 0. The maximum atomic E-state index is 12.9. The Morgan fingerprint density at radius 2 is 0.759 bits per heavy atom. The topological polar surface area (TPSA) is 135 Å². The molecule has 54 heavy (non-hydrogen) atoms. The normalized spacial score (nSPS) is 29.7. The van der Waals surface area contributed by atoms with E-state index in [-0.39, 0.29) is 58.6 Å². The van der Waals surface area contributed by atoms with Crippen molar-refractivity contribution in [2.24, 2.45) is 14.1 Å². The molecule has 2 aromatic carbocycles. The molecule has 2 fully saturated rings. The highest BCUT2D eigenvalue weighted by molar-refractivity contribution is 6.48. The number of benzene rings is 2. The first-order chi connectivity index (χ1) is 25.3. The highest BCUT2D eigenvalue weighted by Gasteiger charge is 2.61. The van der Waals surface area contributed by atoms with Gasteiger partial charge >= 0.3 is 37.0 Å². The fourth-order valence-electron chi connectivity index (χ4n) is 9.61. The molecule has 2 aliphatic carbocycles. The van der Waals surface area contributed by atoms with Crippen molar-refractivity contribution >= 4 is 14.2 Å². The zero-order valence-electron chi connectivity index (χ0n) is 32.6. The lowest BCUT2D eigenvalue weighted by atomic mass is 9.58. The van der Waals surface area contributed by atoms with E-state index in [9.17, 15) is 19.2 Å². The minimum Gasteiger partial charge on any atom is -0.403 e. The number of aromatic nitrogens is 6. The van der Waals surface area contributed by atoms with E-state index in [1.165, 1.54) is 23.2 Å². The highest BCUT2D eigenvalue weighted by atomic mass is 16.7. The van der Waals surface area contributed by atoms with Crippen LogP contribution in [0.25, 0.3) is 0 Å². The van der Waals surface area contributed by atoms with Gasteiger partial charge in [0, 0.05) is 25.7 Å². The van der Waals surface area contributed by atoms with Crippen LogP contribution in [0.5, 0.6) is 0 Å². The number of hydrogen-bond acceptors (Lipinski definition) is 8. The van der Waals surface area contributed by atoms with Gasteiger partial charge < -0.3 is 18.6 Å². The van der Waals surface area contributed by atoms with E-state index in [4.69, 9.17) is 18.6 Å². The Kier molecular flexibility index (Phi) is 7.40. The summed E-state index contributed by atoms with van der Waals surface area (Å²) in [7, 11) is 2.23. The van der Waals surface area contributed by atoms with Crippen LogP contribution in [0, 0.1) is 0 Å². The van der Waals surface area contributed by atoms with Crippen molar-refractivity contribution in [3.05, 3.63) is 113 Å². The van der Waals surface area contributed by atoms with Crippen molar-refractivity contribution in [2.75, 3.05) is 0 Å². The predicted octanol–water partition coefficient (Wildman–Crippen LogP) is 3.41. The lowest BCUT2D eigenvalue weighted by molar-refractivity contribution is 0.00578. The second-order valence-electron chi connectivity index (χ2n) is 17.9. The summed E-state index contributed by atoms with van der Waals surface area (Å²) in [6.07, 6.45) is 1.42. The van der Waals surface area contributed by atoms with Gasteiger partial charge in [-0.15, -0.1) is 0 Å². The molecular formula is C38H48B2N6O8. The third kappa shape index (κ3) is 4.56. The number of fused-ring (bicyclic) bond motifs is 2. The van der Waals surface area contributed by atoms with Gasteiger partial charge in [-0.25, -0.2) is 47.0 Å². The second kappa shape index (κ2) is 11.2. The Balaban J connectivity index is 0.000000142. The maximum absolute atomic E-state index is 12.9. The van der Waals surface area contributed by atoms with Crippen LogP contribution in [0.3, 0.4) is 0 Å². The Labute approximate surface area is 313 Å². The molecule has 284 valence electrons. The molecule has 8 heterocycles. The van der Waals surface area contributed by atoms with Crippen LogP contribution in [-0.4, -0.2) is 64.5 Å². The Bertz CT molecular complexity index is 2270. The standard InChI is InChI=1S/2C19H24BN3O4/c2*1-18(2)19(3,4)27-20(26-18)13-10-14-11-8-6-7-9-12(11)15(13)23-17(25)21(5)16(24)22(14)23/h2*6-9,13-15H,10H2,1-5H3/t2*13-,14-,15-/m10/s1. The van der Waals surface area contributed by atoms with Gasteiger partial charge in [-0.1, -0.05) is 48.5 Å². The van der Waals surface area contributed by atoms with Crippen molar-refractivity contribution in [3.8, 4) is 0 Å². The van der Waals surface area contributed by atoms with Crippen LogP contribution in [-0.2, 0) is 32.7 Å². The third-order valence-electron chi connectivity index (χ3n) is 13.9. The molecule has 8 aliphatic rings. The fourth-order valence-corrected chi connectivity index (χ4v) is 9.61. The monoisotopic (exact) mass is 738 g/mol. The molecule has 12 rings (SSSR count). The molecule has 2 aromatic heterocycles. The molecule has 2 saturated heterocycles. The molecule has 0 spiro atoms. The maximum Gasteiger partial charge on any atom is 0.463 e. The van der Waals surface area contributed by atoms with Gasteiger partial charge in [-0.2, -0.15) is 0 Å². The van der Waals surface area contributed by atoms with Crippen LogP contribution >= 0.6 is 0 Å². The third-order valence-corrected chi connectivity index (χ3v) is 13.9. The minimum atomic E-state index is -0.435. The highest BCUT2D eigenvalue weighted by Crippen LogP contribution is 2.56. The quantitative estimate of drug-likeness (QED) is 0.286. The van der Waals surface area contributed by atoms with Gasteiger partial charge in [-0.3, -0.25) is 0 Å². The van der Waals surface area contributed by atoms with Crippen molar-refractivity contribution in [3.63, 3.8) is 0 Å². The smallest absolute Gasteiger partial charge is 0.403 e. The Hall–Kier alpha value is -4.11. The number of nitrogens with zero attached hydrogens (tertiary/aromatic N) is 6. The molecular weight excluding hydrogens is 690 g/mol. The van der Waals surface area contributed by atoms with Crippen LogP contribution in [0.1, 0.15) is 115 Å². The van der Waals surface area contributed by atoms with Gasteiger partial charge in [0.2, 0.25) is 0 Å². The summed E-state index contributed by atoms with van der Waals surface area (Å²) in [6, 6.07) is 15.2. The molecule has 16 heteroatoms. The van der Waals surface area contributed by atoms with Gasteiger partial charge in [0.1, 0.15) is 0 Å². The van der Waals surface area contributed by atoms with Crippen LogP contribution in [0.4, 0.5) is 0 Å². The predicted molar refractivity (Wildman–Crippen MR) is 202 cm³/mol. The summed E-state index contributed by atoms with van der Waals surface area (Å²) < 4.78 is 34.2. The largest absolute Gasteiger partial charge is 0.463 e. The van der Waals surface area contributed by atoms with Crippen LogP contribution in [0.15, 0.2) is 67.7 Å². The van der Waals surface area contributed by atoms with E-state index >= 15 is 0 Å². The first-order valence-electron chi connectivity index (χ1n) is 19.0. The fraction of sp³-hybridized carbons (Fsp3) is 0.579. The number of rotatable bonds is 2. The first kappa shape index (κ1) is 35.6. The van der Waals surface area contributed by atoms with Crippen molar-refractivity contribution in [2.45, 2.75) is 126 Å². The molecule has 4 aromatic rings. The lowest BCUT2D eigenvalue weighted by Gasteiger charge is -2.45. The minimum absolute atomic E-state index is 0.0366. The molecule has 4 bridgehead atoms. The average Bonchev–Trinajstić information content (AvgIpc) is 3.70. The Morgan fingerprint density at radius 3 is 1.07 bits per heavy atom. The summed E-state index contributed by atoms with van der Waals surface area (Å²) in [6.45, 7) is 16.3. The molecule has 0 amide bonds. The van der Waals surface area contributed by atoms with E-state index < -0.39 is 36.6 Å². The van der Waals surface area contributed by atoms with Crippen LogP contribution in [0.2, 0.25) is 11.6 Å². The van der Waals surface area contributed by atoms with E-state index in [0.29, 0.717) is 12.8 Å². The average molecular weight is 738 g/mol. The van der Waals surface area contributed by atoms with Crippen molar-refractivity contribution in [1.82, 2.24) is 27.9 Å². The zero-order valence-corrected chi connectivity index (χ0v) is 32.6. The van der Waals surface area contributed by atoms with Crippen LogP contribution < -0.4 is 22.8 Å². The Morgan fingerprint density at radius 1 is 0.481 bits per heavy atom. The van der Waals surface area contributed by atoms with Gasteiger partial charge in [-0.05, 0) is 90.5 Å². The molecule has 0 unspecified atom stereocenters. The summed E-state index contributed by atoms with van der Waals surface area (Å²) in [5, 5.41) is 0. The molecule has 6 atom stereocenters. The van der Waals surface area contributed by atoms with Gasteiger partial charge in [0.05, 0.1) is 46.6 Å². The van der Waals surface area contributed by atoms with E-state index in [1.807, 2.05) is 79.7 Å². The summed E-state index contributed by atoms with van der Waals surface area (Å²) in [5.41, 5.74) is 1.55. The van der Waals surface area contributed by atoms with E-state index in [1.54, 1.807) is 18.7 Å². The van der Waals surface area contributed by atoms with E-state index in [0.717, 1.165) is 22.3 Å². The lowest BCUT2D eigenvalue weighted by Crippen LogP contribution is -2.49. The molecule has 6 aliphatic heterocycles. The molecule has 0 N–H and O–H groups in total. The second-order valence-corrected chi connectivity index (χ2v) is 17.9. The summed E-state index contributed by atoms with van der Waals surface area (Å²) in [4.78, 5) is 51.2. The SMILES string of the molecule is Cn1c(=O)n2n(c1=O)[C@@H]1c3ccccc3[C@H]2C[C@H]1B1OC(C)(C)C(C)(C)O1.Cn1c(=O)n2n(c1=O)[C@H]1c3ccccc3[C@@H]2C[C@@H]1B1OC(C)(C)C(C)(C)O1. The molecule has 14 nitrogen and oxygen atoms in total. The molecule has 0 saturated carbocycles. The first-order valence-corrected chi connectivity index (χ1v) is 19.0. The summed E-state index contributed by atoms with van der Waals surface area (Å²) >= 11 is 0. The zero-order chi connectivity index (χ0) is 38.6. The molecule has 0 radical (unpaired) electrons. The van der Waals surface area contributed by atoms with E-state index in [2.05, 4.69) is 24.3 Å². The van der Waals surface area contributed by atoms with Crippen molar-refractivity contribution in [1.29, 1.82) is 0 Å². The van der Waals surface area contributed by atoms with Crippen molar-refractivity contribution < 1.29 is 18.6 Å². The van der Waals surface area contributed by atoms with Gasteiger partial charge in [0.25, 0.3) is 0 Å².